The molecule has 0 unspecified atom stereocenters. The number of halogens is 4. The first-order chi connectivity index (χ1) is 6.96. The van der Waals surface area contributed by atoms with E-state index in [2.05, 4.69) is 4.99 Å². The van der Waals surface area contributed by atoms with Gasteiger partial charge in [0.05, 0.1) is 12.1 Å². The molecule has 1 rings (SSSR count). The zero-order chi connectivity index (χ0) is 11.5. The van der Waals surface area contributed by atoms with E-state index in [1.54, 1.807) is 0 Å². The standard InChI is InChI=1S/C9H5F4NO/c10-7-3-1-2-6(4-14-5-15)8(7)9(11,12)13/h1-3H,4H2. The Morgan fingerprint density at radius 2 is 2.00 bits per heavy atom. The lowest BCUT2D eigenvalue weighted by Crippen LogP contribution is -2.11. The Hall–Kier alpha value is -1.68. The quantitative estimate of drug-likeness (QED) is 0.427. The van der Waals surface area contributed by atoms with Crippen LogP contribution in [0.3, 0.4) is 0 Å². The number of alkyl halides is 3. The zero-order valence-electron chi connectivity index (χ0n) is 7.31. The predicted molar refractivity (Wildman–Crippen MR) is 43.2 cm³/mol. The van der Waals surface area contributed by atoms with E-state index in [1.807, 2.05) is 0 Å². The lowest BCUT2D eigenvalue weighted by atomic mass is 10.1. The van der Waals surface area contributed by atoms with Gasteiger partial charge in [-0.25, -0.2) is 14.2 Å². The fourth-order valence-corrected chi connectivity index (χ4v) is 1.14. The molecule has 1 aromatic rings. The van der Waals surface area contributed by atoms with Crippen LogP contribution in [0.25, 0.3) is 0 Å². The minimum atomic E-state index is -4.79. The van der Waals surface area contributed by atoms with Crippen LogP contribution in [0.15, 0.2) is 23.2 Å². The first-order valence-corrected chi connectivity index (χ1v) is 3.85. The average Bonchev–Trinajstić information content (AvgIpc) is 2.12. The molecule has 6 heteroatoms. The normalized spacial score (nSPS) is 10.9. The summed E-state index contributed by atoms with van der Waals surface area (Å²) in [4.78, 5) is 12.7. The van der Waals surface area contributed by atoms with Crippen molar-refractivity contribution in [3.05, 3.63) is 35.1 Å². The molecule has 0 amide bonds. The van der Waals surface area contributed by atoms with E-state index in [4.69, 9.17) is 0 Å². The Labute approximate surface area is 82.2 Å². The second-order valence-corrected chi connectivity index (χ2v) is 2.68. The van der Waals surface area contributed by atoms with Crippen LogP contribution in [-0.2, 0) is 17.5 Å². The zero-order valence-corrected chi connectivity index (χ0v) is 7.31. The summed E-state index contributed by atoms with van der Waals surface area (Å²) in [5.74, 6) is -1.37. The van der Waals surface area contributed by atoms with Gasteiger partial charge in [0, 0.05) is 0 Å². The van der Waals surface area contributed by atoms with Gasteiger partial charge in [0.2, 0.25) is 6.08 Å². The highest BCUT2D eigenvalue weighted by molar-refractivity contribution is 5.36. The molecule has 1 aromatic carbocycles. The van der Waals surface area contributed by atoms with Gasteiger partial charge in [-0.2, -0.15) is 13.2 Å². The molecule has 0 heterocycles. The Balaban J connectivity index is 3.26. The number of hydrogen-bond donors (Lipinski definition) is 0. The van der Waals surface area contributed by atoms with Crippen molar-refractivity contribution in [2.45, 2.75) is 12.7 Å². The summed E-state index contributed by atoms with van der Waals surface area (Å²) in [6.45, 7) is -0.532. The maximum atomic E-state index is 12.9. The summed E-state index contributed by atoms with van der Waals surface area (Å²) in [7, 11) is 0. The summed E-state index contributed by atoms with van der Waals surface area (Å²) in [5, 5.41) is 0. The number of aliphatic imine (C=N–C) groups is 1. The van der Waals surface area contributed by atoms with Crippen molar-refractivity contribution < 1.29 is 22.4 Å². The Kier molecular flexibility index (Phi) is 3.21. The van der Waals surface area contributed by atoms with Crippen LogP contribution in [0.5, 0.6) is 0 Å². The maximum absolute atomic E-state index is 12.9. The predicted octanol–water partition coefficient (Wildman–Crippen LogP) is 2.68. The molecular weight excluding hydrogens is 214 g/mol. The van der Waals surface area contributed by atoms with E-state index in [1.165, 1.54) is 0 Å². The second-order valence-electron chi connectivity index (χ2n) is 2.68. The minimum absolute atomic E-state index is 0.383. The largest absolute Gasteiger partial charge is 0.419 e. The molecule has 0 aliphatic rings. The monoisotopic (exact) mass is 219 g/mol. The summed E-state index contributed by atoms with van der Waals surface area (Å²) in [5.41, 5.74) is -1.77. The van der Waals surface area contributed by atoms with Gasteiger partial charge >= 0.3 is 6.18 Å². The van der Waals surface area contributed by atoms with Crippen LogP contribution in [-0.4, -0.2) is 6.08 Å². The molecule has 0 aromatic heterocycles. The van der Waals surface area contributed by atoms with E-state index in [9.17, 15) is 22.4 Å². The molecule has 0 saturated heterocycles. The highest BCUT2D eigenvalue weighted by Crippen LogP contribution is 2.34. The third-order valence-corrected chi connectivity index (χ3v) is 1.70. The molecular formula is C9H5F4NO. The molecule has 0 radical (unpaired) electrons. The first-order valence-electron chi connectivity index (χ1n) is 3.85. The van der Waals surface area contributed by atoms with Crippen molar-refractivity contribution in [2.24, 2.45) is 4.99 Å². The molecule has 0 fully saturated rings. The summed E-state index contributed by atoms with van der Waals surface area (Å²) >= 11 is 0. The molecule has 0 bridgehead atoms. The number of isocyanates is 1. The number of carbonyl (C=O) groups excluding carboxylic acids is 1. The summed E-state index contributed by atoms with van der Waals surface area (Å²) < 4.78 is 50.0. The molecule has 0 atom stereocenters. The molecule has 0 N–H and O–H groups in total. The van der Waals surface area contributed by atoms with Crippen LogP contribution in [0, 0.1) is 5.82 Å². The maximum Gasteiger partial charge on any atom is 0.419 e. The van der Waals surface area contributed by atoms with Gasteiger partial charge in [-0.3, -0.25) is 0 Å². The van der Waals surface area contributed by atoms with Crippen molar-refractivity contribution >= 4 is 6.08 Å². The smallest absolute Gasteiger partial charge is 0.211 e. The van der Waals surface area contributed by atoms with Crippen molar-refractivity contribution in [3.8, 4) is 0 Å². The van der Waals surface area contributed by atoms with Crippen LogP contribution in [0.4, 0.5) is 17.6 Å². The number of benzene rings is 1. The Morgan fingerprint density at radius 3 is 2.53 bits per heavy atom. The van der Waals surface area contributed by atoms with E-state index >= 15 is 0 Å². The fourth-order valence-electron chi connectivity index (χ4n) is 1.14. The van der Waals surface area contributed by atoms with Crippen molar-refractivity contribution in [1.82, 2.24) is 0 Å². The summed E-state index contributed by atoms with van der Waals surface area (Å²) in [6.07, 6.45) is -3.69. The van der Waals surface area contributed by atoms with E-state index in [-0.39, 0.29) is 5.56 Å². The van der Waals surface area contributed by atoms with Gasteiger partial charge in [0.15, 0.2) is 0 Å². The van der Waals surface area contributed by atoms with Crippen LogP contribution < -0.4 is 0 Å². The third-order valence-electron chi connectivity index (χ3n) is 1.70. The molecule has 0 aliphatic carbocycles. The lowest BCUT2D eigenvalue weighted by molar-refractivity contribution is -0.140. The van der Waals surface area contributed by atoms with E-state index in [0.717, 1.165) is 18.2 Å². The molecule has 15 heavy (non-hydrogen) atoms. The van der Waals surface area contributed by atoms with Crippen molar-refractivity contribution in [1.29, 1.82) is 0 Å². The fraction of sp³-hybridized carbons (Fsp3) is 0.222. The molecule has 80 valence electrons. The summed E-state index contributed by atoms with van der Waals surface area (Å²) in [6, 6.07) is 2.89. The van der Waals surface area contributed by atoms with Gasteiger partial charge in [-0.15, -0.1) is 0 Å². The average molecular weight is 219 g/mol. The molecule has 0 spiro atoms. The van der Waals surface area contributed by atoms with Crippen LogP contribution in [0.2, 0.25) is 0 Å². The molecule has 0 saturated carbocycles. The topological polar surface area (TPSA) is 29.4 Å². The Morgan fingerprint density at radius 1 is 1.33 bits per heavy atom. The second kappa shape index (κ2) is 4.23. The highest BCUT2D eigenvalue weighted by Gasteiger charge is 2.36. The number of rotatable bonds is 2. The number of hydrogen-bond acceptors (Lipinski definition) is 2. The van der Waals surface area contributed by atoms with Gasteiger partial charge in [0.25, 0.3) is 0 Å². The minimum Gasteiger partial charge on any atom is -0.211 e. The first kappa shape index (κ1) is 11.4. The molecule has 2 nitrogen and oxygen atoms in total. The van der Waals surface area contributed by atoms with Gasteiger partial charge in [-0.1, -0.05) is 12.1 Å². The highest BCUT2D eigenvalue weighted by atomic mass is 19.4. The van der Waals surface area contributed by atoms with Crippen LogP contribution in [0.1, 0.15) is 11.1 Å². The van der Waals surface area contributed by atoms with Gasteiger partial charge in [0.1, 0.15) is 5.82 Å². The SMILES string of the molecule is O=C=NCc1cccc(F)c1C(F)(F)F. The van der Waals surface area contributed by atoms with Gasteiger partial charge in [-0.05, 0) is 11.6 Å². The van der Waals surface area contributed by atoms with Crippen molar-refractivity contribution in [2.75, 3.05) is 0 Å². The van der Waals surface area contributed by atoms with Crippen LogP contribution >= 0.6 is 0 Å². The van der Waals surface area contributed by atoms with Crippen molar-refractivity contribution in [3.63, 3.8) is 0 Å². The molecule has 0 aliphatic heterocycles. The third kappa shape index (κ3) is 2.63. The number of nitrogens with zero attached hydrogens (tertiary/aromatic N) is 1. The van der Waals surface area contributed by atoms with E-state index in [0.29, 0.717) is 6.07 Å². The lowest BCUT2D eigenvalue weighted by Gasteiger charge is -2.11. The van der Waals surface area contributed by atoms with Gasteiger partial charge < -0.3 is 0 Å². The Bertz CT molecular complexity index is 407. The van der Waals surface area contributed by atoms with E-state index < -0.39 is 24.1 Å².